The molecule has 2 aromatic carbocycles. The van der Waals surface area contributed by atoms with Crippen LogP contribution in [-0.4, -0.2) is 18.5 Å². The number of urea groups is 1. The van der Waals surface area contributed by atoms with Crippen LogP contribution in [0.25, 0.3) is 0 Å². The lowest BCUT2D eigenvalue weighted by molar-refractivity contribution is -0.117. The average molecular weight is 341 g/mol. The Balaban J connectivity index is 1.47. The monoisotopic (exact) mass is 341 g/mol. The molecule has 5 nitrogen and oxygen atoms in total. The number of anilines is 1. The summed E-state index contributed by atoms with van der Waals surface area (Å²) in [6, 6.07) is 13.5. The molecule has 0 unspecified atom stereocenters. The van der Waals surface area contributed by atoms with E-state index in [1.165, 1.54) is 6.07 Å². The van der Waals surface area contributed by atoms with E-state index in [2.05, 4.69) is 10.6 Å². The van der Waals surface area contributed by atoms with E-state index in [0.717, 1.165) is 24.2 Å². The minimum Gasteiger partial charge on any atom is -0.334 e. The van der Waals surface area contributed by atoms with E-state index in [4.69, 9.17) is 0 Å². The van der Waals surface area contributed by atoms with E-state index in [-0.39, 0.29) is 24.3 Å². The number of rotatable bonds is 5. The first-order valence-corrected chi connectivity index (χ1v) is 8.28. The Bertz CT molecular complexity index is 762. The van der Waals surface area contributed by atoms with Gasteiger partial charge in [-0.05, 0) is 30.2 Å². The third kappa shape index (κ3) is 4.35. The molecule has 1 heterocycles. The summed E-state index contributed by atoms with van der Waals surface area (Å²) in [5.74, 6) is -0.187. The van der Waals surface area contributed by atoms with Gasteiger partial charge >= 0.3 is 6.03 Å². The van der Waals surface area contributed by atoms with Gasteiger partial charge in [-0.2, -0.15) is 0 Å². The molecule has 2 aromatic rings. The van der Waals surface area contributed by atoms with Crippen molar-refractivity contribution in [1.82, 2.24) is 10.6 Å². The molecule has 1 saturated heterocycles. The first-order chi connectivity index (χ1) is 12.1. The van der Waals surface area contributed by atoms with Gasteiger partial charge in [-0.1, -0.05) is 30.3 Å². The van der Waals surface area contributed by atoms with E-state index in [1.54, 1.807) is 23.1 Å². The van der Waals surface area contributed by atoms with Gasteiger partial charge in [0.25, 0.3) is 0 Å². The molecule has 3 rings (SSSR count). The standard InChI is InChI=1S/C19H20FN3O2/c20-17-5-2-1-4-15(17)13-22-19(25)21-12-14-7-9-16(10-8-14)23-11-3-6-18(23)24/h1-2,4-5,7-10H,3,6,11-13H2,(H2,21,22,25). The molecule has 0 spiro atoms. The van der Waals surface area contributed by atoms with Crippen molar-refractivity contribution < 1.29 is 14.0 Å². The van der Waals surface area contributed by atoms with Gasteiger partial charge in [0.2, 0.25) is 5.91 Å². The predicted octanol–water partition coefficient (Wildman–Crippen LogP) is 2.95. The van der Waals surface area contributed by atoms with Crippen molar-refractivity contribution >= 4 is 17.6 Å². The van der Waals surface area contributed by atoms with Gasteiger partial charge in [0.05, 0.1) is 0 Å². The predicted molar refractivity (Wildman–Crippen MR) is 93.5 cm³/mol. The number of hydrogen-bond donors (Lipinski definition) is 2. The molecule has 0 saturated carbocycles. The van der Waals surface area contributed by atoms with Crippen molar-refractivity contribution in [3.63, 3.8) is 0 Å². The van der Waals surface area contributed by atoms with Gasteiger partial charge in [-0.25, -0.2) is 9.18 Å². The van der Waals surface area contributed by atoms with Crippen molar-refractivity contribution in [2.75, 3.05) is 11.4 Å². The fraction of sp³-hybridized carbons (Fsp3) is 0.263. The highest BCUT2D eigenvalue weighted by Gasteiger charge is 2.21. The van der Waals surface area contributed by atoms with E-state index in [0.29, 0.717) is 18.5 Å². The molecular formula is C19H20FN3O2. The average Bonchev–Trinajstić information content (AvgIpc) is 3.06. The Kier molecular flexibility index (Phi) is 5.28. The maximum Gasteiger partial charge on any atom is 0.315 e. The van der Waals surface area contributed by atoms with Gasteiger partial charge in [0.15, 0.2) is 0 Å². The lowest BCUT2D eigenvalue weighted by Gasteiger charge is -2.16. The molecule has 0 atom stereocenters. The number of carbonyl (C=O) groups is 2. The second kappa shape index (κ2) is 7.79. The summed E-state index contributed by atoms with van der Waals surface area (Å²) in [4.78, 5) is 25.3. The zero-order chi connectivity index (χ0) is 17.6. The van der Waals surface area contributed by atoms with Gasteiger partial charge in [0.1, 0.15) is 5.82 Å². The van der Waals surface area contributed by atoms with E-state index in [1.807, 2.05) is 24.3 Å². The van der Waals surface area contributed by atoms with E-state index in [9.17, 15) is 14.0 Å². The van der Waals surface area contributed by atoms with Crippen LogP contribution in [0, 0.1) is 5.82 Å². The lowest BCUT2D eigenvalue weighted by Crippen LogP contribution is -2.34. The van der Waals surface area contributed by atoms with Gasteiger partial charge in [-0.3, -0.25) is 4.79 Å². The van der Waals surface area contributed by atoms with Crippen LogP contribution >= 0.6 is 0 Å². The van der Waals surface area contributed by atoms with Crippen LogP contribution in [0.4, 0.5) is 14.9 Å². The third-order valence-electron chi connectivity index (χ3n) is 4.17. The molecular weight excluding hydrogens is 321 g/mol. The van der Waals surface area contributed by atoms with Crippen LogP contribution in [0.5, 0.6) is 0 Å². The number of amides is 3. The third-order valence-corrected chi connectivity index (χ3v) is 4.17. The number of nitrogens with zero attached hydrogens (tertiary/aromatic N) is 1. The summed E-state index contributed by atoms with van der Waals surface area (Å²) >= 11 is 0. The largest absolute Gasteiger partial charge is 0.334 e. The molecule has 25 heavy (non-hydrogen) atoms. The maximum absolute atomic E-state index is 13.5. The molecule has 1 fully saturated rings. The van der Waals surface area contributed by atoms with E-state index < -0.39 is 0 Å². The SMILES string of the molecule is O=C(NCc1ccc(N2CCCC2=O)cc1)NCc1ccccc1F. The van der Waals surface area contributed by atoms with Crippen LogP contribution in [0.3, 0.4) is 0 Å². The zero-order valence-corrected chi connectivity index (χ0v) is 13.8. The summed E-state index contributed by atoms with van der Waals surface area (Å²) in [7, 11) is 0. The summed E-state index contributed by atoms with van der Waals surface area (Å²) in [6.45, 7) is 1.25. The van der Waals surface area contributed by atoms with E-state index >= 15 is 0 Å². The fourth-order valence-corrected chi connectivity index (χ4v) is 2.78. The lowest BCUT2D eigenvalue weighted by atomic mass is 10.2. The van der Waals surface area contributed by atoms with Crippen LogP contribution < -0.4 is 15.5 Å². The molecule has 0 aliphatic carbocycles. The second-order valence-electron chi connectivity index (χ2n) is 5.94. The minimum absolute atomic E-state index is 0.133. The molecule has 3 amide bonds. The molecule has 0 bridgehead atoms. The van der Waals surface area contributed by atoms with Crippen molar-refractivity contribution in [3.05, 3.63) is 65.5 Å². The summed E-state index contributed by atoms with van der Waals surface area (Å²) in [5, 5.41) is 5.36. The minimum atomic E-state index is -0.359. The second-order valence-corrected chi connectivity index (χ2v) is 5.94. The molecule has 0 radical (unpaired) electrons. The molecule has 0 aromatic heterocycles. The summed E-state index contributed by atoms with van der Waals surface area (Å²) < 4.78 is 13.5. The first kappa shape index (κ1) is 17.0. The Morgan fingerprint density at radius 2 is 1.76 bits per heavy atom. The van der Waals surface area contributed by atoms with Crippen LogP contribution in [0.1, 0.15) is 24.0 Å². The van der Waals surface area contributed by atoms with Crippen molar-refractivity contribution in [1.29, 1.82) is 0 Å². The first-order valence-electron chi connectivity index (χ1n) is 8.28. The molecule has 1 aliphatic rings. The highest BCUT2D eigenvalue weighted by atomic mass is 19.1. The highest BCUT2D eigenvalue weighted by molar-refractivity contribution is 5.95. The smallest absolute Gasteiger partial charge is 0.315 e. The fourth-order valence-electron chi connectivity index (χ4n) is 2.78. The quantitative estimate of drug-likeness (QED) is 0.878. The van der Waals surface area contributed by atoms with Crippen molar-refractivity contribution in [2.24, 2.45) is 0 Å². The maximum atomic E-state index is 13.5. The number of carbonyl (C=O) groups excluding carboxylic acids is 2. The summed E-state index contributed by atoms with van der Waals surface area (Å²) in [6.07, 6.45) is 1.50. The number of halogens is 1. The molecule has 1 aliphatic heterocycles. The van der Waals surface area contributed by atoms with Crippen molar-refractivity contribution in [3.8, 4) is 0 Å². The van der Waals surface area contributed by atoms with Crippen LogP contribution in [-0.2, 0) is 17.9 Å². The molecule has 6 heteroatoms. The van der Waals surface area contributed by atoms with Crippen molar-refractivity contribution in [2.45, 2.75) is 25.9 Å². The number of hydrogen-bond acceptors (Lipinski definition) is 2. The van der Waals surface area contributed by atoms with Gasteiger partial charge in [-0.15, -0.1) is 0 Å². The van der Waals surface area contributed by atoms with Crippen LogP contribution in [0.15, 0.2) is 48.5 Å². The Morgan fingerprint density at radius 1 is 1.04 bits per heavy atom. The van der Waals surface area contributed by atoms with Gasteiger partial charge < -0.3 is 15.5 Å². The Morgan fingerprint density at radius 3 is 2.44 bits per heavy atom. The topological polar surface area (TPSA) is 61.4 Å². The number of nitrogens with one attached hydrogen (secondary N) is 2. The Hall–Kier alpha value is -2.89. The van der Waals surface area contributed by atoms with Gasteiger partial charge in [0, 0.05) is 37.3 Å². The molecule has 130 valence electrons. The summed E-state index contributed by atoms with van der Waals surface area (Å²) in [5.41, 5.74) is 2.25. The number of benzene rings is 2. The Labute approximate surface area is 145 Å². The molecule has 2 N–H and O–H groups in total. The van der Waals surface area contributed by atoms with Crippen LogP contribution in [0.2, 0.25) is 0 Å². The highest BCUT2D eigenvalue weighted by Crippen LogP contribution is 2.21. The normalized spacial score (nSPS) is 13.8. The zero-order valence-electron chi connectivity index (χ0n) is 13.8.